The predicted molar refractivity (Wildman–Crippen MR) is 39.3 cm³/mol. The molecule has 0 atom stereocenters. The monoisotopic (exact) mass is 122 g/mol. The van der Waals surface area contributed by atoms with E-state index in [1.54, 1.807) is 5.57 Å². The van der Waals surface area contributed by atoms with Gasteiger partial charge in [0.15, 0.2) is 0 Å². The summed E-state index contributed by atoms with van der Waals surface area (Å²) in [5, 5.41) is 0. The molecule has 0 aromatic rings. The van der Waals surface area contributed by atoms with Crippen molar-refractivity contribution in [2.24, 2.45) is 5.41 Å². The first kappa shape index (κ1) is 5.52. The van der Waals surface area contributed by atoms with Crippen LogP contribution in [0, 0.1) is 5.41 Å². The van der Waals surface area contributed by atoms with Gasteiger partial charge < -0.3 is 0 Å². The molecular weight excluding hydrogens is 108 g/mol. The maximum Gasteiger partial charge on any atom is -0.0115 e. The minimum atomic E-state index is 0.738. The third-order valence-corrected chi connectivity index (χ3v) is 2.69. The van der Waals surface area contributed by atoms with Crippen molar-refractivity contribution >= 4 is 0 Å². The van der Waals surface area contributed by atoms with Crippen LogP contribution >= 0.6 is 0 Å². The summed E-state index contributed by atoms with van der Waals surface area (Å²) in [7, 11) is 0. The number of rotatable bonds is 0. The lowest BCUT2D eigenvalue weighted by Gasteiger charge is -2.17. The molecule has 9 heavy (non-hydrogen) atoms. The molecule has 0 bridgehead atoms. The molecule has 1 fully saturated rings. The summed E-state index contributed by atoms with van der Waals surface area (Å²) in [6.07, 6.45) is 9.76. The highest BCUT2D eigenvalue weighted by Crippen LogP contribution is 2.54. The first-order valence-corrected chi connectivity index (χ1v) is 3.99. The maximum atomic E-state index is 2.52. The highest BCUT2D eigenvalue weighted by atomic mass is 14.5. The Morgan fingerprint density at radius 1 is 1.33 bits per heavy atom. The van der Waals surface area contributed by atoms with Crippen LogP contribution in [0.25, 0.3) is 0 Å². The molecule has 2 aliphatic rings. The summed E-state index contributed by atoms with van der Waals surface area (Å²) in [5.74, 6) is 0. The van der Waals surface area contributed by atoms with Crippen LogP contribution in [0.5, 0.6) is 0 Å². The van der Waals surface area contributed by atoms with Crippen LogP contribution in [0.3, 0.4) is 0 Å². The van der Waals surface area contributed by atoms with Crippen molar-refractivity contribution in [1.29, 1.82) is 0 Å². The SMILES string of the molecule is CC1=CC2(CCC1)CC2. The molecule has 0 aromatic heterocycles. The van der Waals surface area contributed by atoms with Crippen molar-refractivity contribution in [3.63, 3.8) is 0 Å². The van der Waals surface area contributed by atoms with Crippen molar-refractivity contribution in [2.45, 2.75) is 39.0 Å². The third kappa shape index (κ3) is 0.910. The van der Waals surface area contributed by atoms with Crippen LogP contribution in [0.2, 0.25) is 0 Å². The van der Waals surface area contributed by atoms with Crippen molar-refractivity contribution in [2.75, 3.05) is 0 Å². The molecule has 0 radical (unpaired) electrons. The van der Waals surface area contributed by atoms with E-state index in [1.807, 2.05) is 0 Å². The molecule has 1 spiro atoms. The summed E-state index contributed by atoms with van der Waals surface area (Å²) >= 11 is 0. The van der Waals surface area contributed by atoms with E-state index in [1.165, 1.54) is 32.1 Å². The first-order valence-electron chi connectivity index (χ1n) is 3.99. The molecule has 0 aliphatic heterocycles. The van der Waals surface area contributed by atoms with E-state index in [0.717, 1.165) is 5.41 Å². The molecule has 2 aliphatic carbocycles. The molecule has 1 saturated carbocycles. The minimum absolute atomic E-state index is 0.738. The lowest BCUT2D eigenvalue weighted by molar-refractivity contribution is 0.516. The molecule has 2 rings (SSSR count). The highest BCUT2D eigenvalue weighted by molar-refractivity contribution is 5.17. The van der Waals surface area contributed by atoms with Crippen LogP contribution in [0.15, 0.2) is 11.6 Å². The average molecular weight is 122 g/mol. The minimum Gasteiger partial charge on any atom is -0.0794 e. The lowest BCUT2D eigenvalue weighted by atomic mass is 9.89. The molecule has 0 heteroatoms. The van der Waals surface area contributed by atoms with Gasteiger partial charge in [-0.2, -0.15) is 0 Å². The first-order chi connectivity index (χ1) is 4.31. The Labute approximate surface area is 57.0 Å². The van der Waals surface area contributed by atoms with Crippen LogP contribution in [-0.4, -0.2) is 0 Å². The van der Waals surface area contributed by atoms with Gasteiger partial charge >= 0.3 is 0 Å². The van der Waals surface area contributed by atoms with E-state index in [2.05, 4.69) is 13.0 Å². The Balaban J connectivity index is 2.18. The smallest absolute Gasteiger partial charge is 0.0115 e. The Morgan fingerprint density at radius 2 is 2.11 bits per heavy atom. The van der Waals surface area contributed by atoms with E-state index in [4.69, 9.17) is 0 Å². The zero-order chi connectivity index (χ0) is 6.32. The van der Waals surface area contributed by atoms with Crippen LogP contribution in [0.4, 0.5) is 0 Å². The topological polar surface area (TPSA) is 0 Å². The number of allylic oxidation sites excluding steroid dienone is 2. The predicted octanol–water partition coefficient (Wildman–Crippen LogP) is 2.90. The van der Waals surface area contributed by atoms with Crippen molar-refractivity contribution in [3.05, 3.63) is 11.6 Å². The summed E-state index contributed by atoms with van der Waals surface area (Å²) < 4.78 is 0. The van der Waals surface area contributed by atoms with Gasteiger partial charge in [0.2, 0.25) is 0 Å². The molecule has 0 saturated heterocycles. The van der Waals surface area contributed by atoms with Gasteiger partial charge in [-0.25, -0.2) is 0 Å². The average Bonchev–Trinajstić information content (AvgIpc) is 2.49. The summed E-state index contributed by atoms with van der Waals surface area (Å²) in [5.41, 5.74) is 2.38. The molecular formula is C9H14. The summed E-state index contributed by atoms with van der Waals surface area (Å²) in [4.78, 5) is 0. The third-order valence-electron chi connectivity index (χ3n) is 2.69. The second-order valence-electron chi connectivity index (χ2n) is 3.71. The summed E-state index contributed by atoms with van der Waals surface area (Å²) in [6, 6.07) is 0. The fourth-order valence-corrected chi connectivity index (χ4v) is 1.94. The number of hydrogen-bond donors (Lipinski definition) is 0. The van der Waals surface area contributed by atoms with Gasteiger partial charge in [-0.15, -0.1) is 0 Å². The molecule has 0 heterocycles. The van der Waals surface area contributed by atoms with Gasteiger partial charge in [-0.1, -0.05) is 11.6 Å². The summed E-state index contributed by atoms with van der Waals surface area (Å²) in [6.45, 7) is 2.28. The molecule has 0 aromatic carbocycles. The van der Waals surface area contributed by atoms with Crippen molar-refractivity contribution in [1.82, 2.24) is 0 Å². The zero-order valence-electron chi connectivity index (χ0n) is 6.11. The quantitative estimate of drug-likeness (QED) is 0.433. The Morgan fingerprint density at radius 3 is 2.56 bits per heavy atom. The molecule has 0 unspecified atom stereocenters. The van der Waals surface area contributed by atoms with E-state index >= 15 is 0 Å². The second-order valence-corrected chi connectivity index (χ2v) is 3.71. The van der Waals surface area contributed by atoms with E-state index < -0.39 is 0 Å². The van der Waals surface area contributed by atoms with Crippen LogP contribution in [0.1, 0.15) is 39.0 Å². The largest absolute Gasteiger partial charge is 0.0794 e. The van der Waals surface area contributed by atoms with Gasteiger partial charge in [0.25, 0.3) is 0 Å². The molecule has 50 valence electrons. The molecule has 0 amide bonds. The van der Waals surface area contributed by atoms with Gasteiger partial charge in [-0.3, -0.25) is 0 Å². The molecule has 0 nitrogen and oxygen atoms in total. The van der Waals surface area contributed by atoms with Crippen LogP contribution < -0.4 is 0 Å². The van der Waals surface area contributed by atoms with Gasteiger partial charge in [0.05, 0.1) is 0 Å². The van der Waals surface area contributed by atoms with Gasteiger partial charge in [0.1, 0.15) is 0 Å². The lowest BCUT2D eigenvalue weighted by Crippen LogP contribution is -2.02. The normalized spacial score (nSPS) is 30.1. The van der Waals surface area contributed by atoms with E-state index in [-0.39, 0.29) is 0 Å². The Hall–Kier alpha value is -0.260. The second kappa shape index (κ2) is 1.62. The van der Waals surface area contributed by atoms with Crippen LogP contribution in [-0.2, 0) is 0 Å². The van der Waals surface area contributed by atoms with E-state index in [9.17, 15) is 0 Å². The zero-order valence-corrected chi connectivity index (χ0v) is 6.11. The van der Waals surface area contributed by atoms with E-state index in [0.29, 0.717) is 0 Å². The standard InChI is InChI=1S/C9H14/c1-8-3-2-4-9(7-8)5-6-9/h7H,2-6H2,1H3. The fourth-order valence-electron chi connectivity index (χ4n) is 1.94. The maximum absolute atomic E-state index is 2.52. The molecule has 0 N–H and O–H groups in total. The highest BCUT2D eigenvalue weighted by Gasteiger charge is 2.40. The number of hydrogen-bond acceptors (Lipinski definition) is 0. The Kier molecular flexibility index (Phi) is 0.992. The Bertz CT molecular complexity index is 149. The van der Waals surface area contributed by atoms with Gasteiger partial charge in [-0.05, 0) is 44.4 Å². The fraction of sp³-hybridized carbons (Fsp3) is 0.778. The van der Waals surface area contributed by atoms with Crippen molar-refractivity contribution < 1.29 is 0 Å². The van der Waals surface area contributed by atoms with Crippen molar-refractivity contribution in [3.8, 4) is 0 Å². The van der Waals surface area contributed by atoms with Gasteiger partial charge in [0, 0.05) is 0 Å².